The van der Waals surface area contributed by atoms with Gasteiger partial charge in [-0.25, -0.2) is 4.79 Å². The second-order valence-electron chi connectivity index (χ2n) is 5.92. The monoisotopic (exact) mass is 289 g/mol. The number of carbonyl (C=O) groups is 2. The van der Waals surface area contributed by atoms with Crippen LogP contribution in [-0.2, 0) is 9.59 Å². The summed E-state index contributed by atoms with van der Waals surface area (Å²) in [7, 11) is 0. The predicted octanol–water partition coefficient (Wildman–Crippen LogP) is 2.49. The molecule has 1 aromatic heterocycles. The molecular weight excluding hydrogens is 270 g/mol. The Bertz CT molecular complexity index is 589. The third-order valence-electron chi connectivity index (χ3n) is 4.33. The number of rotatable bonds is 4. The van der Waals surface area contributed by atoms with E-state index in [2.05, 4.69) is 6.92 Å². The molecule has 0 bridgehead atoms. The van der Waals surface area contributed by atoms with Gasteiger partial charge in [-0.3, -0.25) is 4.79 Å². The van der Waals surface area contributed by atoms with Crippen LogP contribution in [0.3, 0.4) is 0 Å². The van der Waals surface area contributed by atoms with Crippen molar-refractivity contribution in [3.05, 3.63) is 29.7 Å². The van der Waals surface area contributed by atoms with E-state index in [1.54, 1.807) is 6.08 Å². The molecule has 0 radical (unpaired) electrons. The first kappa shape index (κ1) is 13.9. The minimum absolute atomic E-state index is 0.266. The number of aliphatic carboxylic acids is 1. The van der Waals surface area contributed by atoms with Crippen LogP contribution in [0, 0.1) is 5.92 Å². The standard InChI is InChI=1S/C16H19NO4/c1-10-9-12(10)14-6-4-11(21-14)5-7-15(18)17-8-2-3-13(17)16(19)20/h4-7,10,12-13H,2-3,8-9H2,1H3,(H,19,20)/t10?,12?,13-/m1/s1. The van der Waals surface area contributed by atoms with Gasteiger partial charge >= 0.3 is 5.97 Å². The van der Waals surface area contributed by atoms with E-state index in [0.29, 0.717) is 30.6 Å². The Morgan fingerprint density at radius 1 is 1.43 bits per heavy atom. The summed E-state index contributed by atoms with van der Waals surface area (Å²) in [5.41, 5.74) is 0. The second kappa shape index (κ2) is 5.39. The molecular formula is C16H19NO4. The molecule has 1 aliphatic carbocycles. The minimum Gasteiger partial charge on any atom is -0.480 e. The fraction of sp³-hybridized carbons (Fsp3) is 0.500. The number of carboxylic acids is 1. The van der Waals surface area contributed by atoms with Crippen LogP contribution >= 0.6 is 0 Å². The Hall–Kier alpha value is -2.04. The van der Waals surface area contributed by atoms with Gasteiger partial charge in [0.25, 0.3) is 0 Å². The molecule has 2 unspecified atom stereocenters. The zero-order valence-electron chi connectivity index (χ0n) is 12.0. The summed E-state index contributed by atoms with van der Waals surface area (Å²) in [6.07, 6.45) is 5.44. The summed E-state index contributed by atoms with van der Waals surface area (Å²) >= 11 is 0. The molecule has 112 valence electrons. The molecule has 3 rings (SSSR count). The lowest BCUT2D eigenvalue weighted by atomic mass is 10.2. The van der Waals surface area contributed by atoms with Crippen molar-refractivity contribution < 1.29 is 19.1 Å². The van der Waals surface area contributed by atoms with Crippen molar-refractivity contribution in [1.29, 1.82) is 0 Å². The van der Waals surface area contributed by atoms with Crippen molar-refractivity contribution in [2.45, 2.75) is 38.1 Å². The van der Waals surface area contributed by atoms with E-state index in [-0.39, 0.29) is 5.91 Å². The third kappa shape index (κ3) is 2.86. The Labute approximate surface area is 123 Å². The van der Waals surface area contributed by atoms with Gasteiger partial charge in [0.1, 0.15) is 17.6 Å². The predicted molar refractivity (Wildman–Crippen MR) is 76.6 cm³/mol. The molecule has 1 aromatic rings. The van der Waals surface area contributed by atoms with Gasteiger partial charge in [-0.15, -0.1) is 0 Å². The van der Waals surface area contributed by atoms with Gasteiger partial charge in [-0.2, -0.15) is 0 Å². The summed E-state index contributed by atoms with van der Waals surface area (Å²) in [5.74, 6) is 1.60. The van der Waals surface area contributed by atoms with Crippen molar-refractivity contribution in [3.8, 4) is 0 Å². The highest BCUT2D eigenvalue weighted by atomic mass is 16.4. The van der Waals surface area contributed by atoms with E-state index < -0.39 is 12.0 Å². The van der Waals surface area contributed by atoms with Crippen molar-refractivity contribution in [2.75, 3.05) is 6.54 Å². The van der Waals surface area contributed by atoms with Gasteiger partial charge in [0.15, 0.2) is 0 Å². The van der Waals surface area contributed by atoms with E-state index in [0.717, 1.165) is 18.6 Å². The fourth-order valence-corrected chi connectivity index (χ4v) is 2.91. The number of hydrogen-bond acceptors (Lipinski definition) is 3. The Balaban J connectivity index is 1.64. The van der Waals surface area contributed by atoms with E-state index in [1.807, 2.05) is 12.1 Å². The number of furan rings is 1. The summed E-state index contributed by atoms with van der Waals surface area (Å²) < 4.78 is 5.69. The third-order valence-corrected chi connectivity index (χ3v) is 4.33. The summed E-state index contributed by atoms with van der Waals surface area (Å²) in [6, 6.07) is 3.11. The molecule has 1 aliphatic heterocycles. The number of nitrogens with zero attached hydrogens (tertiary/aromatic N) is 1. The molecule has 1 saturated heterocycles. The lowest BCUT2D eigenvalue weighted by molar-refractivity contribution is -0.146. The van der Waals surface area contributed by atoms with E-state index in [9.17, 15) is 9.59 Å². The van der Waals surface area contributed by atoms with Crippen molar-refractivity contribution >= 4 is 18.0 Å². The van der Waals surface area contributed by atoms with Gasteiger partial charge in [0.05, 0.1) is 0 Å². The van der Waals surface area contributed by atoms with Crippen LogP contribution in [0.15, 0.2) is 22.6 Å². The number of carbonyl (C=O) groups excluding carboxylic acids is 1. The van der Waals surface area contributed by atoms with E-state index in [1.165, 1.54) is 11.0 Å². The molecule has 5 heteroatoms. The zero-order chi connectivity index (χ0) is 15.0. The second-order valence-corrected chi connectivity index (χ2v) is 5.92. The summed E-state index contributed by atoms with van der Waals surface area (Å²) in [4.78, 5) is 24.6. The molecule has 1 saturated carbocycles. The summed E-state index contributed by atoms with van der Waals surface area (Å²) in [6.45, 7) is 2.69. The molecule has 2 fully saturated rings. The van der Waals surface area contributed by atoms with Gasteiger partial charge in [-0.1, -0.05) is 6.92 Å². The molecule has 2 heterocycles. The highest BCUT2D eigenvalue weighted by Gasteiger charge is 2.36. The van der Waals surface area contributed by atoms with Crippen molar-refractivity contribution in [2.24, 2.45) is 5.92 Å². The average Bonchev–Trinajstić information content (AvgIpc) is 2.90. The highest BCUT2D eigenvalue weighted by Crippen LogP contribution is 2.47. The molecule has 5 nitrogen and oxygen atoms in total. The molecule has 0 spiro atoms. The maximum Gasteiger partial charge on any atom is 0.326 e. The first-order valence-electron chi connectivity index (χ1n) is 7.37. The number of amides is 1. The first-order valence-corrected chi connectivity index (χ1v) is 7.37. The van der Waals surface area contributed by atoms with Crippen LogP contribution in [0.1, 0.15) is 43.6 Å². The fourth-order valence-electron chi connectivity index (χ4n) is 2.91. The normalized spacial score (nSPS) is 28.2. The van der Waals surface area contributed by atoms with Gasteiger partial charge in [-0.05, 0) is 43.4 Å². The van der Waals surface area contributed by atoms with Crippen LogP contribution in [0.4, 0.5) is 0 Å². The summed E-state index contributed by atoms with van der Waals surface area (Å²) in [5, 5.41) is 9.08. The van der Waals surface area contributed by atoms with E-state index >= 15 is 0 Å². The Morgan fingerprint density at radius 2 is 2.19 bits per heavy atom. The largest absolute Gasteiger partial charge is 0.480 e. The van der Waals surface area contributed by atoms with Crippen LogP contribution in [0.5, 0.6) is 0 Å². The molecule has 2 aliphatic rings. The molecule has 1 amide bonds. The maximum absolute atomic E-state index is 12.1. The van der Waals surface area contributed by atoms with Crippen LogP contribution in [0.25, 0.3) is 6.08 Å². The Morgan fingerprint density at radius 3 is 2.86 bits per heavy atom. The zero-order valence-corrected chi connectivity index (χ0v) is 12.0. The maximum atomic E-state index is 12.1. The number of carboxylic acid groups (broad SMARTS) is 1. The van der Waals surface area contributed by atoms with Crippen molar-refractivity contribution in [1.82, 2.24) is 4.90 Å². The molecule has 1 N–H and O–H groups in total. The average molecular weight is 289 g/mol. The van der Waals surface area contributed by atoms with Gasteiger partial charge in [0.2, 0.25) is 5.91 Å². The Kier molecular flexibility index (Phi) is 3.57. The lowest BCUT2D eigenvalue weighted by Crippen LogP contribution is -2.39. The van der Waals surface area contributed by atoms with E-state index in [4.69, 9.17) is 9.52 Å². The highest BCUT2D eigenvalue weighted by molar-refractivity contribution is 5.94. The molecule has 3 atom stereocenters. The molecule has 0 aromatic carbocycles. The molecule has 21 heavy (non-hydrogen) atoms. The first-order chi connectivity index (χ1) is 10.1. The smallest absolute Gasteiger partial charge is 0.326 e. The lowest BCUT2D eigenvalue weighted by Gasteiger charge is -2.19. The van der Waals surface area contributed by atoms with Gasteiger partial charge < -0.3 is 14.4 Å². The van der Waals surface area contributed by atoms with Gasteiger partial charge in [0, 0.05) is 18.5 Å². The van der Waals surface area contributed by atoms with Crippen LogP contribution < -0.4 is 0 Å². The SMILES string of the molecule is CC1CC1c1ccc(C=CC(=O)N2CCC[C@@H]2C(=O)O)o1. The number of likely N-dealkylation sites (tertiary alicyclic amines) is 1. The quantitative estimate of drug-likeness (QED) is 0.864. The van der Waals surface area contributed by atoms with Crippen molar-refractivity contribution in [3.63, 3.8) is 0 Å². The number of hydrogen-bond donors (Lipinski definition) is 1. The van der Waals surface area contributed by atoms with Crippen LogP contribution in [0.2, 0.25) is 0 Å². The van der Waals surface area contributed by atoms with Crippen LogP contribution in [-0.4, -0.2) is 34.5 Å². The topological polar surface area (TPSA) is 70.8 Å². The minimum atomic E-state index is -0.933.